The predicted octanol–water partition coefficient (Wildman–Crippen LogP) is 3.33. The van der Waals surface area contributed by atoms with E-state index in [1.807, 2.05) is 36.2 Å². The number of nitrogens with one attached hydrogen (secondary N) is 1. The summed E-state index contributed by atoms with van der Waals surface area (Å²) in [5.74, 6) is 0.501. The standard InChI is InChI=1S/C17H18ClN3O4/c1-20(10-12-3-6-14(25-2)7-4-12)11-17(22)19-13-5-8-15(18)16(9-13)21(23)24/h3-9H,10-11H2,1-2H3,(H,19,22). The number of nitro benzene ring substituents is 1. The van der Waals surface area contributed by atoms with E-state index in [0.29, 0.717) is 12.2 Å². The molecule has 2 rings (SSSR count). The van der Waals surface area contributed by atoms with Gasteiger partial charge >= 0.3 is 0 Å². The highest BCUT2D eigenvalue weighted by atomic mass is 35.5. The molecule has 2 aromatic carbocycles. The van der Waals surface area contributed by atoms with Crippen molar-refractivity contribution in [2.24, 2.45) is 0 Å². The zero-order valence-electron chi connectivity index (χ0n) is 13.9. The fourth-order valence-corrected chi connectivity index (χ4v) is 2.46. The maximum Gasteiger partial charge on any atom is 0.289 e. The number of carbonyl (C=O) groups excluding carboxylic acids is 1. The average Bonchev–Trinajstić information content (AvgIpc) is 2.56. The van der Waals surface area contributed by atoms with Crippen molar-refractivity contribution in [2.45, 2.75) is 6.54 Å². The summed E-state index contributed by atoms with van der Waals surface area (Å²) in [5, 5.41) is 13.5. The molecular formula is C17H18ClN3O4. The van der Waals surface area contributed by atoms with Crippen molar-refractivity contribution in [3.8, 4) is 5.75 Å². The number of rotatable bonds is 7. The molecule has 0 bridgehead atoms. The number of nitro groups is 1. The first kappa shape index (κ1) is 18.7. The van der Waals surface area contributed by atoms with Crippen LogP contribution in [0.4, 0.5) is 11.4 Å². The molecule has 0 saturated carbocycles. The maximum atomic E-state index is 12.1. The molecule has 2 aromatic rings. The number of halogens is 1. The van der Waals surface area contributed by atoms with Crippen molar-refractivity contribution in [3.63, 3.8) is 0 Å². The van der Waals surface area contributed by atoms with Crippen LogP contribution in [0.25, 0.3) is 0 Å². The van der Waals surface area contributed by atoms with Crippen LogP contribution < -0.4 is 10.1 Å². The summed E-state index contributed by atoms with van der Waals surface area (Å²) in [6.45, 7) is 0.723. The number of hydrogen-bond acceptors (Lipinski definition) is 5. The van der Waals surface area contributed by atoms with Crippen LogP contribution in [0, 0.1) is 10.1 Å². The monoisotopic (exact) mass is 363 g/mol. The summed E-state index contributed by atoms with van der Waals surface area (Å²) in [7, 11) is 3.42. The van der Waals surface area contributed by atoms with Crippen molar-refractivity contribution in [2.75, 3.05) is 26.0 Å². The van der Waals surface area contributed by atoms with Crippen molar-refractivity contribution < 1.29 is 14.5 Å². The third kappa shape index (κ3) is 5.44. The van der Waals surface area contributed by atoms with Gasteiger partial charge < -0.3 is 10.1 Å². The second-order valence-electron chi connectivity index (χ2n) is 5.49. The molecule has 0 aliphatic heterocycles. The lowest BCUT2D eigenvalue weighted by molar-refractivity contribution is -0.384. The molecule has 1 amide bonds. The molecule has 0 aromatic heterocycles. The Morgan fingerprint density at radius 3 is 2.56 bits per heavy atom. The summed E-state index contributed by atoms with van der Waals surface area (Å²) in [5.41, 5.74) is 1.13. The van der Waals surface area contributed by atoms with Gasteiger partial charge in [0.2, 0.25) is 5.91 Å². The molecular weight excluding hydrogens is 346 g/mol. The predicted molar refractivity (Wildman–Crippen MR) is 96.1 cm³/mol. The van der Waals surface area contributed by atoms with E-state index in [1.54, 1.807) is 7.11 Å². The lowest BCUT2D eigenvalue weighted by Crippen LogP contribution is -2.29. The Kier molecular flexibility index (Phi) is 6.32. The topological polar surface area (TPSA) is 84.7 Å². The maximum absolute atomic E-state index is 12.1. The molecule has 0 aliphatic carbocycles. The quantitative estimate of drug-likeness (QED) is 0.602. The lowest BCUT2D eigenvalue weighted by Gasteiger charge is -2.16. The van der Waals surface area contributed by atoms with Gasteiger partial charge in [-0.15, -0.1) is 0 Å². The summed E-state index contributed by atoms with van der Waals surface area (Å²) >= 11 is 5.75. The minimum Gasteiger partial charge on any atom is -0.497 e. The minimum atomic E-state index is -0.589. The van der Waals surface area contributed by atoms with Gasteiger partial charge in [-0.1, -0.05) is 23.7 Å². The molecule has 1 N–H and O–H groups in total. The van der Waals surface area contributed by atoms with Crippen molar-refractivity contribution in [3.05, 3.63) is 63.2 Å². The van der Waals surface area contributed by atoms with E-state index < -0.39 is 4.92 Å². The van der Waals surface area contributed by atoms with E-state index in [4.69, 9.17) is 16.3 Å². The fraction of sp³-hybridized carbons (Fsp3) is 0.235. The summed E-state index contributed by atoms with van der Waals surface area (Å²) < 4.78 is 5.10. The molecule has 7 nitrogen and oxygen atoms in total. The van der Waals surface area contributed by atoms with Crippen molar-refractivity contribution >= 4 is 28.9 Å². The zero-order chi connectivity index (χ0) is 18.4. The van der Waals surface area contributed by atoms with Gasteiger partial charge in [-0.25, -0.2) is 0 Å². The molecule has 0 atom stereocenters. The molecule has 0 saturated heterocycles. The SMILES string of the molecule is COc1ccc(CN(C)CC(=O)Nc2ccc(Cl)c([N+](=O)[O-])c2)cc1. The summed E-state index contributed by atoms with van der Waals surface area (Å²) in [4.78, 5) is 24.2. The number of carbonyl (C=O) groups is 1. The van der Waals surface area contributed by atoms with Crippen LogP contribution in [-0.4, -0.2) is 36.4 Å². The number of ether oxygens (including phenoxy) is 1. The average molecular weight is 364 g/mol. The number of amides is 1. The largest absolute Gasteiger partial charge is 0.497 e. The van der Waals surface area contributed by atoms with E-state index in [2.05, 4.69) is 5.32 Å². The Hall–Kier alpha value is -2.64. The van der Waals surface area contributed by atoms with Gasteiger partial charge in [0, 0.05) is 18.3 Å². The van der Waals surface area contributed by atoms with Gasteiger partial charge in [0.05, 0.1) is 18.6 Å². The molecule has 0 heterocycles. The smallest absolute Gasteiger partial charge is 0.289 e. The van der Waals surface area contributed by atoms with E-state index in [-0.39, 0.29) is 23.2 Å². The van der Waals surface area contributed by atoms with Gasteiger partial charge in [-0.3, -0.25) is 19.8 Å². The first-order chi connectivity index (χ1) is 11.9. The van der Waals surface area contributed by atoms with Gasteiger partial charge in [-0.2, -0.15) is 0 Å². The van der Waals surface area contributed by atoms with Gasteiger partial charge in [0.15, 0.2) is 0 Å². The Labute approximate surface area is 150 Å². The van der Waals surface area contributed by atoms with Gasteiger partial charge in [0.25, 0.3) is 5.69 Å². The molecule has 25 heavy (non-hydrogen) atoms. The van der Waals surface area contributed by atoms with Gasteiger partial charge in [-0.05, 0) is 36.9 Å². The van der Waals surface area contributed by atoms with Crippen LogP contribution in [0.15, 0.2) is 42.5 Å². The third-order valence-corrected chi connectivity index (χ3v) is 3.77. The molecule has 132 valence electrons. The molecule has 0 aliphatic rings. The Bertz CT molecular complexity index is 765. The van der Waals surface area contributed by atoms with Crippen LogP contribution in [0.2, 0.25) is 5.02 Å². The summed E-state index contributed by atoms with van der Waals surface area (Å²) in [6.07, 6.45) is 0. The minimum absolute atomic E-state index is 0.0274. The highest BCUT2D eigenvalue weighted by Gasteiger charge is 2.14. The van der Waals surface area contributed by atoms with E-state index >= 15 is 0 Å². The highest BCUT2D eigenvalue weighted by Crippen LogP contribution is 2.27. The van der Waals surface area contributed by atoms with Crippen LogP contribution in [-0.2, 0) is 11.3 Å². The highest BCUT2D eigenvalue weighted by molar-refractivity contribution is 6.32. The third-order valence-electron chi connectivity index (χ3n) is 3.45. The first-order valence-electron chi connectivity index (χ1n) is 7.44. The second-order valence-corrected chi connectivity index (χ2v) is 5.90. The normalized spacial score (nSPS) is 10.6. The summed E-state index contributed by atoms with van der Waals surface area (Å²) in [6, 6.07) is 11.7. The first-order valence-corrected chi connectivity index (χ1v) is 7.82. The molecule has 0 fully saturated rings. The Balaban J connectivity index is 1.92. The molecule has 0 unspecified atom stereocenters. The van der Waals surface area contributed by atoms with Crippen LogP contribution in [0.1, 0.15) is 5.56 Å². The number of likely N-dealkylation sites (N-methyl/N-ethyl adjacent to an activating group) is 1. The van der Waals surface area contributed by atoms with E-state index in [0.717, 1.165) is 11.3 Å². The van der Waals surface area contributed by atoms with E-state index in [9.17, 15) is 14.9 Å². The molecule has 0 spiro atoms. The number of anilines is 1. The van der Waals surface area contributed by atoms with Crippen LogP contribution in [0.3, 0.4) is 0 Å². The zero-order valence-corrected chi connectivity index (χ0v) is 14.6. The van der Waals surface area contributed by atoms with Crippen molar-refractivity contribution in [1.82, 2.24) is 4.90 Å². The second kappa shape index (κ2) is 8.46. The fourth-order valence-electron chi connectivity index (χ4n) is 2.27. The molecule has 0 radical (unpaired) electrons. The number of methoxy groups -OCH3 is 1. The van der Waals surface area contributed by atoms with E-state index in [1.165, 1.54) is 18.2 Å². The van der Waals surface area contributed by atoms with Crippen LogP contribution >= 0.6 is 11.6 Å². The van der Waals surface area contributed by atoms with Crippen molar-refractivity contribution in [1.29, 1.82) is 0 Å². The Morgan fingerprint density at radius 2 is 1.96 bits per heavy atom. The molecule has 8 heteroatoms. The number of hydrogen-bond donors (Lipinski definition) is 1. The number of benzene rings is 2. The Morgan fingerprint density at radius 1 is 1.28 bits per heavy atom. The lowest BCUT2D eigenvalue weighted by atomic mass is 10.2. The van der Waals surface area contributed by atoms with Gasteiger partial charge in [0.1, 0.15) is 10.8 Å². The van der Waals surface area contributed by atoms with Crippen LogP contribution in [0.5, 0.6) is 5.75 Å². The number of nitrogens with zero attached hydrogens (tertiary/aromatic N) is 2.